The third kappa shape index (κ3) is 4.24. The molecule has 0 saturated heterocycles. The van der Waals surface area contributed by atoms with Crippen molar-refractivity contribution in [1.29, 1.82) is 0 Å². The van der Waals surface area contributed by atoms with E-state index in [0.717, 1.165) is 15.3 Å². The number of benzene rings is 2. The van der Waals surface area contributed by atoms with Crippen LogP contribution in [0.2, 0.25) is 0 Å². The molecule has 1 aromatic heterocycles. The standard InChI is InChI=1S/C20H22N2O2S/c1-15(16-8-4-3-5-9-16)14-19(23)22(12-13-24-2)20-21-17-10-6-7-11-18(17)25-20/h3-11,15H,12-14H2,1-2H3. The fourth-order valence-electron chi connectivity index (χ4n) is 2.76. The fraction of sp³-hybridized carbons (Fsp3) is 0.300. The van der Waals surface area contributed by atoms with Crippen LogP contribution in [0.15, 0.2) is 54.6 Å². The second-order valence-electron chi connectivity index (χ2n) is 6.02. The van der Waals surface area contributed by atoms with Gasteiger partial charge in [0, 0.05) is 13.5 Å². The first kappa shape index (κ1) is 17.6. The van der Waals surface area contributed by atoms with Crippen molar-refractivity contribution in [3.63, 3.8) is 0 Å². The molecule has 1 unspecified atom stereocenters. The van der Waals surface area contributed by atoms with Gasteiger partial charge in [0.15, 0.2) is 5.13 Å². The smallest absolute Gasteiger partial charge is 0.229 e. The van der Waals surface area contributed by atoms with E-state index in [2.05, 4.69) is 24.0 Å². The average Bonchev–Trinajstić information content (AvgIpc) is 3.06. The van der Waals surface area contributed by atoms with Gasteiger partial charge in [-0.05, 0) is 23.6 Å². The quantitative estimate of drug-likeness (QED) is 0.629. The Hall–Kier alpha value is -2.24. The van der Waals surface area contributed by atoms with Gasteiger partial charge in [0.05, 0.1) is 23.4 Å². The molecule has 2 aromatic carbocycles. The van der Waals surface area contributed by atoms with E-state index in [0.29, 0.717) is 19.6 Å². The number of hydrogen-bond donors (Lipinski definition) is 0. The van der Waals surface area contributed by atoms with Gasteiger partial charge < -0.3 is 4.74 Å². The van der Waals surface area contributed by atoms with Crippen molar-refractivity contribution in [3.8, 4) is 0 Å². The number of aromatic nitrogens is 1. The maximum absolute atomic E-state index is 12.9. The molecular formula is C20H22N2O2S. The minimum Gasteiger partial charge on any atom is -0.383 e. The van der Waals surface area contributed by atoms with Crippen molar-refractivity contribution in [2.45, 2.75) is 19.3 Å². The number of methoxy groups -OCH3 is 1. The third-order valence-electron chi connectivity index (χ3n) is 4.18. The van der Waals surface area contributed by atoms with Crippen LogP contribution in [0.3, 0.4) is 0 Å². The van der Waals surface area contributed by atoms with E-state index in [1.165, 1.54) is 5.56 Å². The molecule has 1 atom stereocenters. The van der Waals surface area contributed by atoms with Crippen LogP contribution in [-0.4, -0.2) is 31.2 Å². The first-order valence-electron chi connectivity index (χ1n) is 8.39. The average molecular weight is 354 g/mol. The molecule has 1 heterocycles. The van der Waals surface area contributed by atoms with Crippen LogP contribution in [0, 0.1) is 0 Å². The molecule has 0 fully saturated rings. The first-order chi connectivity index (χ1) is 12.2. The third-order valence-corrected chi connectivity index (χ3v) is 5.24. The van der Waals surface area contributed by atoms with Crippen LogP contribution in [0.25, 0.3) is 10.2 Å². The molecule has 4 nitrogen and oxygen atoms in total. The Morgan fingerprint density at radius 2 is 1.88 bits per heavy atom. The van der Waals surface area contributed by atoms with Crippen LogP contribution < -0.4 is 4.90 Å². The largest absolute Gasteiger partial charge is 0.383 e. The van der Waals surface area contributed by atoms with Gasteiger partial charge in [-0.3, -0.25) is 9.69 Å². The number of thiazole rings is 1. The van der Waals surface area contributed by atoms with Gasteiger partial charge in [-0.1, -0.05) is 60.7 Å². The second-order valence-corrected chi connectivity index (χ2v) is 7.03. The molecular weight excluding hydrogens is 332 g/mol. The zero-order valence-electron chi connectivity index (χ0n) is 14.5. The molecule has 3 aromatic rings. The minimum atomic E-state index is 0.0764. The normalized spacial score (nSPS) is 12.2. The number of nitrogens with zero attached hydrogens (tertiary/aromatic N) is 2. The molecule has 5 heteroatoms. The Balaban J connectivity index is 1.80. The highest BCUT2D eigenvalue weighted by Crippen LogP contribution is 2.30. The Morgan fingerprint density at radius 1 is 1.16 bits per heavy atom. The summed E-state index contributed by atoms with van der Waals surface area (Å²) in [7, 11) is 1.65. The van der Waals surface area contributed by atoms with E-state index in [4.69, 9.17) is 4.74 Å². The number of carbonyl (C=O) groups excluding carboxylic acids is 1. The lowest BCUT2D eigenvalue weighted by Crippen LogP contribution is -2.34. The van der Waals surface area contributed by atoms with Gasteiger partial charge in [0.1, 0.15) is 0 Å². The molecule has 0 N–H and O–H groups in total. The topological polar surface area (TPSA) is 42.4 Å². The lowest BCUT2D eigenvalue weighted by molar-refractivity contribution is -0.119. The van der Waals surface area contributed by atoms with Gasteiger partial charge >= 0.3 is 0 Å². The summed E-state index contributed by atoms with van der Waals surface area (Å²) >= 11 is 1.55. The van der Waals surface area contributed by atoms with Crippen LogP contribution >= 0.6 is 11.3 Å². The number of ether oxygens (including phenoxy) is 1. The number of para-hydroxylation sites is 1. The molecule has 0 radical (unpaired) electrons. The Labute approximate surface area is 152 Å². The van der Waals surface area contributed by atoms with Crippen LogP contribution in [-0.2, 0) is 9.53 Å². The summed E-state index contributed by atoms with van der Waals surface area (Å²) in [6.45, 7) is 3.08. The van der Waals surface area contributed by atoms with E-state index < -0.39 is 0 Å². The molecule has 3 rings (SSSR count). The lowest BCUT2D eigenvalue weighted by Gasteiger charge is -2.21. The number of rotatable bonds is 7. The summed E-state index contributed by atoms with van der Waals surface area (Å²) in [4.78, 5) is 19.3. The van der Waals surface area contributed by atoms with Gasteiger partial charge in [0.2, 0.25) is 5.91 Å². The summed E-state index contributed by atoms with van der Waals surface area (Å²) in [5.74, 6) is 0.237. The van der Waals surface area contributed by atoms with Crippen LogP contribution in [0.1, 0.15) is 24.8 Å². The molecule has 25 heavy (non-hydrogen) atoms. The predicted octanol–water partition coefficient (Wildman–Crippen LogP) is 4.47. The zero-order valence-corrected chi connectivity index (χ0v) is 15.3. The molecule has 1 amide bonds. The van der Waals surface area contributed by atoms with Crippen molar-refractivity contribution in [1.82, 2.24) is 4.98 Å². The minimum absolute atomic E-state index is 0.0764. The number of amides is 1. The molecule has 0 saturated carbocycles. The molecule has 0 bridgehead atoms. The maximum Gasteiger partial charge on any atom is 0.229 e. The van der Waals surface area contributed by atoms with Gasteiger partial charge in [-0.25, -0.2) is 4.98 Å². The lowest BCUT2D eigenvalue weighted by atomic mass is 9.97. The van der Waals surface area contributed by atoms with Crippen molar-refractivity contribution in [2.24, 2.45) is 0 Å². The molecule has 0 spiro atoms. The van der Waals surface area contributed by atoms with Crippen molar-refractivity contribution in [3.05, 3.63) is 60.2 Å². The van der Waals surface area contributed by atoms with Crippen LogP contribution in [0.4, 0.5) is 5.13 Å². The highest BCUT2D eigenvalue weighted by Gasteiger charge is 2.22. The molecule has 0 aliphatic rings. The Morgan fingerprint density at radius 3 is 2.60 bits per heavy atom. The Kier molecular flexibility index (Phi) is 5.79. The van der Waals surface area contributed by atoms with Gasteiger partial charge in [0.25, 0.3) is 0 Å². The zero-order chi connectivity index (χ0) is 17.6. The maximum atomic E-state index is 12.9. The van der Waals surface area contributed by atoms with E-state index in [9.17, 15) is 4.79 Å². The molecule has 130 valence electrons. The highest BCUT2D eigenvalue weighted by atomic mass is 32.1. The predicted molar refractivity (Wildman–Crippen MR) is 103 cm³/mol. The summed E-state index contributed by atoms with van der Waals surface area (Å²) < 4.78 is 6.28. The van der Waals surface area contributed by atoms with Gasteiger partial charge in [-0.15, -0.1) is 0 Å². The van der Waals surface area contributed by atoms with Gasteiger partial charge in [-0.2, -0.15) is 0 Å². The molecule has 0 aliphatic heterocycles. The van der Waals surface area contributed by atoms with Crippen molar-refractivity contribution in [2.75, 3.05) is 25.2 Å². The van der Waals surface area contributed by atoms with Crippen LogP contribution in [0.5, 0.6) is 0 Å². The van der Waals surface area contributed by atoms with E-state index in [-0.39, 0.29) is 11.8 Å². The highest BCUT2D eigenvalue weighted by molar-refractivity contribution is 7.22. The summed E-state index contributed by atoms with van der Waals surface area (Å²) in [5, 5.41) is 0.739. The number of hydrogen-bond acceptors (Lipinski definition) is 4. The van der Waals surface area contributed by atoms with E-state index >= 15 is 0 Å². The number of carbonyl (C=O) groups is 1. The van der Waals surface area contributed by atoms with Crippen molar-refractivity contribution < 1.29 is 9.53 Å². The molecule has 0 aliphatic carbocycles. The van der Waals surface area contributed by atoms with Crippen molar-refractivity contribution >= 4 is 32.6 Å². The number of anilines is 1. The van der Waals surface area contributed by atoms with E-state index in [1.807, 2.05) is 42.5 Å². The summed E-state index contributed by atoms with van der Waals surface area (Å²) in [6, 6.07) is 18.1. The first-order valence-corrected chi connectivity index (χ1v) is 9.20. The monoisotopic (exact) mass is 354 g/mol. The SMILES string of the molecule is COCCN(C(=O)CC(C)c1ccccc1)c1nc2ccccc2s1. The fourth-order valence-corrected chi connectivity index (χ4v) is 3.77. The van der Waals surface area contributed by atoms with E-state index in [1.54, 1.807) is 23.3 Å². The number of fused-ring (bicyclic) bond motifs is 1. The Bertz CT molecular complexity index is 799. The summed E-state index contributed by atoms with van der Waals surface area (Å²) in [6.07, 6.45) is 0.448. The summed E-state index contributed by atoms with van der Waals surface area (Å²) in [5.41, 5.74) is 2.10. The second kappa shape index (κ2) is 8.23.